The average Bonchev–Trinajstić information content (AvgIpc) is 3.07. The minimum absolute atomic E-state index is 0.702. The third kappa shape index (κ3) is 3.05. The van der Waals surface area contributed by atoms with Gasteiger partial charge in [0.05, 0.1) is 11.4 Å². The molecule has 0 atom stereocenters. The number of halogens is 2. The van der Waals surface area contributed by atoms with Crippen molar-refractivity contribution in [2.45, 2.75) is 6.42 Å². The first-order valence-corrected chi connectivity index (χ1v) is 9.84. The summed E-state index contributed by atoms with van der Waals surface area (Å²) < 4.78 is 2.18. The predicted molar refractivity (Wildman–Crippen MR) is 117 cm³/mol. The summed E-state index contributed by atoms with van der Waals surface area (Å²) in [6.45, 7) is 0. The number of nitrogens with zero attached hydrogens (tertiary/aromatic N) is 2. The van der Waals surface area contributed by atoms with Crippen LogP contribution in [0.25, 0.3) is 27.7 Å². The van der Waals surface area contributed by atoms with Gasteiger partial charge in [0.1, 0.15) is 5.65 Å². The highest BCUT2D eigenvalue weighted by Gasteiger charge is 2.16. The SMILES string of the molecule is Clc1cccc(Cc2c(-c3cccc(Cl)c3)nc3c4ccccc4ccn23)c1. The number of hydrogen-bond donors (Lipinski definition) is 0. The van der Waals surface area contributed by atoms with Gasteiger partial charge in [0, 0.05) is 33.6 Å². The normalized spacial score (nSPS) is 11.4. The van der Waals surface area contributed by atoms with Gasteiger partial charge in [0.15, 0.2) is 0 Å². The summed E-state index contributed by atoms with van der Waals surface area (Å²) in [5.41, 5.74) is 5.16. The highest BCUT2D eigenvalue weighted by atomic mass is 35.5. The maximum atomic E-state index is 6.27. The van der Waals surface area contributed by atoms with Gasteiger partial charge in [-0.3, -0.25) is 0 Å². The third-order valence-corrected chi connectivity index (χ3v) is 5.44. The molecule has 0 aliphatic carbocycles. The molecule has 28 heavy (non-hydrogen) atoms. The predicted octanol–water partition coefficient (Wildman–Crippen LogP) is 7.05. The number of hydrogen-bond acceptors (Lipinski definition) is 1. The number of benzene rings is 3. The molecular weight excluding hydrogens is 387 g/mol. The molecule has 0 N–H and O–H groups in total. The van der Waals surface area contributed by atoms with Crippen LogP contribution in [-0.2, 0) is 6.42 Å². The van der Waals surface area contributed by atoms with Crippen molar-refractivity contribution in [3.63, 3.8) is 0 Å². The largest absolute Gasteiger partial charge is 0.303 e. The number of fused-ring (bicyclic) bond motifs is 3. The quantitative estimate of drug-likeness (QED) is 0.315. The average molecular weight is 403 g/mol. The summed E-state index contributed by atoms with van der Waals surface area (Å²) in [6, 6.07) is 26.3. The Labute approximate surface area is 173 Å². The Kier molecular flexibility index (Phi) is 4.31. The van der Waals surface area contributed by atoms with E-state index < -0.39 is 0 Å². The van der Waals surface area contributed by atoms with Crippen molar-refractivity contribution in [3.05, 3.63) is 106 Å². The molecule has 5 aromatic rings. The molecule has 0 radical (unpaired) electrons. The summed E-state index contributed by atoms with van der Waals surface area (Å²) >= 11 is 12.5. The van der Waals surface area contributed by atoms with Gasteiger partial charge in [-0.2, -0.15) is 0 Å². The maximum Gasteiger partial charge on any atom is 0.145 e. The molecule has 4 heteroatoms. The fourth-order valence-electron chi connectivity index (χ4n) is 3.69. The number of aromatic nitrogens is 2. The minimum Gasteiger partial charge on any atom is -0.303 e. The van der Waals surface area contributed by atoms with E-state index in [9.17, 15) is 0 Å². The van der Waals surface area contributed by atoms with Crippen LogP contribution in [0.15, 0.2) is 85.1 Å². The molecular formula is C24H16Cl2N2. The van der Waals surface area contributed by atoms with Gasteiger partial charge in [-0.15, -0.1) is 0 Å². The first-order chi connectivity index (χ1) is 13.7. The van der Waals surface area contributed by atoms with Crippen molar-refractivity contribution in [1.29, 1.82) is 0 Å². The Balaban J connectivity index is 1.79. The number of imidazole rings is 1. The zero-order chi connectivity index (χ0) is 19.1. The zero-order valence-electron chi connectivity index (χ0n) is 14.9. The molecule has 0 aliphatic rings. The molecule has 0 amide bonds. The lowest BCUT2D eigenvalue weighted by molar-refractivity contribution is 1.03. The summed E-state index contributed by atoms with van der Waals surface area (Å²) in [7, 11) is 0. The Morgan fingerprint density at radius 3 is 2.39 bits per heavy atom. The molecule has 2 heterocycles. The number of pyridine rings is 1. The van der Waals surface area contributed by atoms with Crippen LogP contribution < -0.4 is 0 Å². The monoisotopic (exact) mass is 402 g/mol. The first-order valence-electron chi connectivity index (χ1n) is 9.08. The molecule has 0 saturated heterocycles. The van der Waals surface area contributed by atoms with E-state index in [1.165, 1.54) is 5.39 Å². The van der Waals surface area contributed by atoms with E-state index in [-0.39, 0.29) is 0 Å². The lowest BCUT2D eigenvalue weighted by atomic mass is 10.0. The highest BCUT2D eigenvalue weighted by molar-refractivity contribution is 6.31. The van der Waals surface area contributed by atoms with Gasteiger partial charge >= 0.3 is 0 Å². The number of rotatable bonds is 3. The van der Waals surface area contributed by atoms with Gasteiger partial charge in [-0.1, -0.05) is 71.7 Å². The summed E-state index contributed by atoms with van der Waals surface area (Å²) in [6.07, 6.45) is 2.82. The standard InChI is InChI=1S/C24H16Cl2N2/c25-19-8-3-5-16(13-19)14-22-23(18-7-4-9-20(26)15-18)27-24-21-10-2-1-6-17(21)11-12-28(22)24/h1-13,15H,14H2. The smallest absolute Gasteiger partial charge is 0.145 e. The second-order valence-corrected chi connectivity index (χ2v) is 7.69. The molecule has 3 aromatic carbocycles. The summed E-state index contributed by atoms with van der Waals surface area (Å²) in [5, 5.41) is 3.74. The van der Waals surface area contributed by atoms with E-state index in [2.05, 4.69) is 40.9 Å². The van der Waals surface area contributed by atoms with Crippen molar-refractivity contribution in [2.75, 3.05) is 0 Å². The van der Waals surface area contributed by atoms with Gasteiger partial charge in [0.25, 0.3) is 0 Å². The van der Waals surface area contributed by atoms with E-state index in [1.54, 1.807) is 0 Å². The van der Waals surface area contributed by atoms with Crippen LogP contribution in [-0.4, -0.2) is 9.38 Å². The van der Waals surface area contributed by atoms with Crippen LogP contribution in [0.4, 0.5) is 0 Å². The molecule has 0 fully saturated rings. The fourth-order valence-corrected chi connectivity index (χ4v) is 4.10. The van der Waals surface area contributed by atoms with Gasteiger partial charge in [0.2, 0.25) is 0 Å². The molecule has 5 rings (SSSR count). The fraction of sp³-hybridized carbons (Fsp3) is 0.0417. The topological polar surface area (TPSA) is 17.3 Å². The Morgan fingerprint density at radius 1 is 0.786 bits per heavy atom. The summed E-state index contributed by atoms with van der Waals surface area (Å²) in [4.78, 5) is 5.04. The van der Waals surface area contributed by atoms with Crippen LogP contribution in [0.1, 0.15) is 11.3 Å². The van der Waals surface area contributed by atoms with Crippen molar-refractivity contribution in [3.8, 4) is 11.3 Å². The maximum absolute atomic E-state index is 6.27. The van der Waals surface area contributed by atoms with Gasteiger partial charge in [-0.25, -0.2) is 4.98 Å². The van der Waals surface area contributed by atoms with Crippen LogP contribution >= 0.6 is 23.2 Å². The van der Waals surface area contributed by atoms with Crippen LogP contribution in [0.2, 0.25) is 10.0 Å². The summed E-state index contributed by atoms with van der Waals surface area (Å²) in [5.74, 6) is 0. The van der Waals surface area contributed by atoms with Gasteiger partial charge in [-0.05, 0) is 41.3 Å². The lowest BCUT2D eigenvalue weighted by Crippen LogP contribution is -1.97. The van der Waals surface area contributed by atoms with Gasteiger partial charge < -0.3 is 4.40 Å². The van der Waals surface area contributed by atoms with E-state index in [4.69, 9.17) is 28.2 Å². The van der Waals surface area contributed by atoms with E-state index in [1.807, 2.05) is 48.5 Å². The minimum atomic E-state index is 0.702. The van der Waals surface area contributed by atoms with Crippen LogP contribution in [0.3, 0.4) is 0 Å². The van der Waals surface area contributed by atoms with E-state index in [0.717, 1.165) is 45.0 Å². The Hall–Kier alpha value is -2.81. The molecule has 0 bridgehead atoms. The van der Waals surface area contributed by atoms with Crippen molar-refractivity contribution in [2.24, 2.45) is 0 Å². The third-order valence-electron chi connectivity index (χ3n) is 4.97. The Morgan fingerprint density at radius 2 is 1.57 bits per heavy atom. The molecule has 0 aliphatic heterocycles. The molecule has 0 spiro atoms. The van der Waals surface area contributed by atoms with Crippen molar-refractivity contribution >= 4 is 39.6 Å². The van der Waals surface area contributed by atoms with E-state index in [0.29, 0.717) is 5.02 Å². The lowest BCUT2D eigenvalue weighted by Gasteiger charge is -2.07. The molecule has 136 valence electrons. The highest BCUT2D eigenvalue weighted by Crippen LogP contribution is 2.31. The second-order valence-electron chi connectivity index (χ2n) is 6.82. The van der Waals surface area contributed by atoms with Crippen LogP contribution in [0, 0.1) is 0 Å². The molecule has 0 saturated carbocycles. The second kappa shape index (κ2) is 6.97. The molecule has 0 unspecified atom stereocenters. The zero-order valence-corrected chi connectivity index (χ0v) is 16.5. The van der Waals surface area contributed by atoms with Crippen molar-refractivity contribution < 1.29 is 0 Å². The molecule has 2 nitrogen and oxygen atoms in total. The molecule has 2 aromatic heterocycles. The van der Waals surface area contributed by atoms with Crippen LogP contribution in [0.5, 0.6) is 0 Å². The first kappa shape index (κ1) is 17.3. The van der Waals surface area contributed by atoms with E-state index >= 15 is 0 Å². The van der Waals surface area contributed by atoms with Crippen molar-refractivity contribution in [1.82, 2.24) is 9.38 Å². The Bertz CT molecular complexity index is 1320.